The lowest BCUT2D eigenvalue weighted by atomic mass is 10.1. The molecule has 2 rings (SSSR count). The van der Waals surface area contributed by atoms with Crippen LogP contribution in [-0.4, -0.2) is 28.4 Å². The van der Waals surface area contributed by atoms with Crippen molar-refractivity contribution in [2.75, 3.05) is 6.54 Å². The third kappa shape index (κ3) is 4.95. The second-order valence-electron chi connectivity index (χ2n) is 6.18. The van der Waals surface area contributed by atoms with Gasteiger partial charge in [-0.05, 0) is 19.8 Å². The molecular weight excluding hydrogens is 300 g/mol. The highest BCUT2D eigenvalue weighted by molar-refractivity contribution is 5.76. The first-order valence-electron chi connectivity index (χ1n) is 8.95. The van der Waals surface area contributed by atoms with Gasteiger partial charge in [-0.25, -0.2) is 4.98 Å². The molecule has 0 bridgehead atoms. The van der Waals surface area contributed by atoms with Gasteiger partial charge in [0.1, 0.15) is 0 Å². The van der Waals surface area contributed by atoms with E-state index in [2.05, 4.69) is 25.8 Å². The largest absolute Gasteiger partial charge is 0.441 e. The van der Waals surface area contributed by atoms with Crippen LogP contribution in [0.15, 0.2) is 40.9 Å². The zero-order chi connectivity index (χ0) is 17.4. The Hall–Kier alpha value is -2.10. The van der Waals surface area contributed by atoms with Gasteiger partial charge < -0.3 is 9.32 Å². The number of aromatic nitrogens is 1. The summed E-state index contributed by atoms with van der Waals surface area (Å²) in [5.74, 6) is 1.57. The summed E-state index contributed by atoms with van der Waals surface area (Å²) in [6.45, 7) is 7.23. The maximum Gasteiger partial charge on any atom is 0.223 e. The lowest BCUT2D eigenvalue weighted by Crippen LogP contribution is -2.39. The van der Waals surface area contributed by atoms with Crippen molar-refractivity contribution < 1.29 is 9.21 Å². The number of carbonyl (C=O) groups is 1. The molecule has 0 radical (unpaired) electrons. The monoisotopic (exact) mass is 328 g/mol. The minimum absolute atomic E-state index is 0.192. The van der Waals surface area contributed by atoms with Crippen LogP contribution in [0, 0.1) is 0 Å². The van der Waals surface area contributed by atoms with E-state index in [1.165, 1.54) is 0 Å². The third-order valence-electron chi connectivity index (χ3n) is 4.36. The van der Waals surface area contributed by atoms with E-state index in [1.807, 2.05) is 35.2 Å². The van der Waals surface area contributed by atoms with Crippen LogP contribution >= 0.6 is 0 Å². The zero-order valence-electron chi connectivity index (χ0n) is 15.0. The Morgan fingerprint density at radius 2 is 2.00 bits per heavy atom. The Morgan fingerprint density at radius 1 is 1.25 bits per heavy atom. The highest BCUT2D eigenvalue weighted by atomic mass is 16.4. The van der Waals surface area contributed by atoms with Gasteiger partial charge in [-0.2, -0.15) is 0 Å². The van der Waals surface area contributed by atoms with Crippen molar-refractivity contribution >= 4 is 5.91 Å². The number of aryl methyl sites for hydroxylation is 1. The summed E-state index contributed by atoms with van der Waals surface area (Å²) in [6.07, 6.45) is 5.85. The molecule has 0 aliphatic heterocycles. The summed E-state index contributed by atoms with van der Waals surface area (Å²) in [5.41, 5.74) is 1.01. The van der Waals surface area contributed by atoms with Gasteiger partial charge in [-0.15, -0.1) is 0 Å². The topological polar surface area (TPSA) is 46.3 Å². The number of carbonyl (C=O) groups excluding carboxylic acids is 1. The van der Waals surface area contributed by atoms with Crippen molar-refractivity contribution in [3.05, 3.63) is 42.4 Å². The Morgan fingerprint density at radius 3 is 2.67 bits per heavy atom. The van der Waals surface area contributed by atoms with E-state index in [4.69, 9.17) is 4.42 Å². The minimum atomic E-state index is 0.192. The SMILES string of the molecule is CCCCN(C(=O)CCc1ncc(-c2ccccc2)o1)C(C)CC. The van der Waals surface area contributed by atoms with E-state index in [1.54, 1.807) is 6.20 Å². The molecule has 0 saturated heterocycles. The van der Waals surface area contributed by atoms with Gasteiger partial charge in [0, 0.05) is 31.0 Å². The van der Waals surface area contributed by atoms with E-state index in [0.29, 0.717) is 18.7 Å². The molecule has 1 aromatic heterocycles. The normalized spacial score (nSPS) is 12.1. The molecule has 1 aromatic carbocycles. The molecule has 0 spiro atoms. The maximum absolute atomic E-state index is 12.6. The molecule has 4 heteroatoms. The number of nitrogens with zero attached hydrogens (tertiary/aromatic N) is 2. The van der Waals surface area contributed by atoms with Gasteiger partial charge in [0.25, 0.3) is 0 Å². The number of hydrogen-bond acceptors (Lipinski definition) is 3. The van der Waals surface area contributed by atoms with Crippen LogP contribution in [0.25, 0.3) is 11.3 Å². The first-order valence-corrected chi connectivity index (χ1v) is 8.95. The second kappa shape index (κ2) is 9.26. The van der Waals surface area contributed by atoms with Crippen molar-refractivity contribution in [1.29, 1.82) is 0 Å². The van der Waals surface area contributed by atoms with Gasteiger partial charge >= 0.3 is 0 Å². The molecule has 0 fully saturated rings. The Kier molecular flexibility index (Phi) is 7.04. The van der Waals surface area contributed by atoms with Gasteiger partial charge in [0.15, 0.2) is 11.7 Å². The van der Waals surface area contributed by atoms with Crippen molar-refractivity contribution in [3.63, 3.8) is 0 Å². The van der Waals surface area contributed by atoms with Gasteiger partial charge in [-0.3, -0.25) is 4.79 Å². The first kappa shape index (κ1) is 18.2. The molecule has 130 valence electrons. The van der Waals surface area contributed by atoms with Crippen LogP contribution in [0.4, 0.5) is 0 Å². The lowest BCUT2D eigenvalue weighted by molar-refractivity contribution is -0.133. The Balaban J connectivity index is 1.94. The maximum atomic E-state index is 12.6. The van der Waals surface area contributed by atoms with Crippen molar-refractivity contribution in [2.45, 2.75) is 58.9 Å². The lowest BCUT2D eigenvalue weighted by Gasteiger charge is -2.28. The van der Waals surface area contributed by atoms with E-state index in [-0.39, 0.29) is 11.9 Å². The molecule has 4 nitrogen and oxygen atoms in total. The molecule has 0 aliphatic carbocycles. The number of oxazole rings is 1. The summed E-state index contributed by atoms with van der Waals surface area (Å²) >= 11 is 0. The molecule has 1 unspecified atom stereocenters. The predicted octanol–water partition coefficient (Wildman–Crippen LogP) is 4.70. The Bertz CT molecular complexity index is 622. The predicted molar refractivity (Wildman–Crippen MR) is 96.6 cm³/mol. The molecular formula is C20H28N2O2. The minimum Gasteiger partial charge on any atom is -0.441 e. The number of amides is 1. The molecule has 1 amide bonds. The highest BCUT2D eigenvalue weighted by Gasteiger charge is 2.19. The standard InChI is InChI=1S/C20H28N2O2/c1-4-6-14-22(16(3)5-2)20(23)13-12-19-21-15-18(24-19)17-10-8-7-9-11-17/h7-11,15-16H,4-6,12-14H2,1-3H3. The van der Waals surface area contributed by atoms with E-state index < -0.39 is 0 Å². The zero-order valence-corrected chi connectivity index (χ0v) is 15.0. The fraction of sp³-hybridized carbons (Fsp3) is 0.500. The van der Waals surface area contributed by atoms with Crippen LogP contribution < -0.4 is 0 Å². The summed E-state index contributed by atoms with van der Waals surface area (Å²) in [6, 6.07) is 10.2. The van der Waals surface area contributed by atoms with Crippen LogP contribution in [0.2, 0.25) is 0 Å². The van der Waals surface area contributed by atoms with Gasteiger partial charge in [-0.1, -0.05) is 50.6 Å². The summed E-state index contributed by atoms with van der Waals surface area (Å²) in [5, 5.41) is 0. The summed E-state index contributed by atoms with van der Waals surface area (Å²) in [7, 11) is 0. The van der Waals surface area contributed by atoms with Crippen molar-refractivity contribution in [1.82, 2.24) is 9.88 Å². The van der Waals surface area contributed by atoms with Gasteiger partial charge in [0.05, 0.1) is 6.20 Å². The fourth-order valence-corrected chi connectivity index (χ4v) is 2.66. The highest BCUT2D eigenvalue weighted by Crippen LogP contribution is 2.20. The molecule has 24 heavy (non-hydrogen) atoms. The molecule has 0 aliphatic rings. The van der Waals surface area contributed by atoms with E-state index >= 15 is 0 Å². The summed E-state index contributed by atoms with van der Waals surface area (Å²) in [4.78, 5) is 18.9. The quantitative estimate of drug-likeness (QED) is 0.670. The van der Waals surface area contributed by atoms with Gasteiger partial charge in [0.2, 0.25) is 5.91 Å². The van der Waals surface area contributed by atoms with E-state index in [9.17, 15) is 4.79 Å². The smallest absolute Gasteiger partial charge is 0.223 e. The number of benzene rings is 1. The molecule has 0 saturated carbocycles. The summed E-state index contributed by atoms with van der Waals surface area (Å²) < 4.78 is 5.79. The average Bonchev–Trinajstić information content (AvgIpc) is 3.09. The number of unbranched alkanes of at least 4 members (excludes halogenated alkanes) is 1. The number of hydrogen-bond donors (Lipinski definition) is 0. The van der Waals surface area contributed by atoms with Crippen molar-refractivity contribution in [2.24, 2.45) is 0 Å². The van der Waals surface area contributed by atoms with Crippen LogP contribution in [-0.2, 0) is 11.2 Å². The fourth-order valence-electron chi connectivity index (χ4n) is 2.66. The second-order valence-corrected chi connectivity index (χ2v) is 6.18. The van der Waals surface area contributed by atoms with E-state index in [0.717, 1.165) is 37.1 Å². The molecule has 2 aromatic rings. The third-order valence-corrected chi connectivity index (χ3v) is 4.36. The average molecular weight is 328 g/mol. The molecule has 0 N–H and O–H groups in total. The molecule has 1 heterocycles. The Labute approximate surface area is 144 Å². The molecule has 1 atom stereocenters. The number of rotatable bonds is 9. The first-order chi connectivity index (χ1) is 11.7. The van der Waals surface area contributed by atoms with Crippen LogP contribution in [0.5, 0.6) is 0 Å². The van der Waals surface area contributed by atoms with Crippen LogP contribution in [0.1, 0.15) is 52.3 Å². The van der Waals surface area contributed by atoms with Crippen molar-refractivity contribution in [3.8, 4) is 11.3 Å². The van der Waals surface area contributed by atoms with Crippen LogP contribution in [0.3, 0.4) is 0 Å².